The molecule has 2 aromatic rings. The van der Waals surface area contributed by atoms with E-state index in [2.05, 4.69) is 0 Å². The molecular formula is C24H29FN2O3. The monoisotopic (exact) mass is 412 g/mol. The molecular weight excluding hydrogens is 383 g/mol. The van der Waals surface area contributed by atoms with Crippen molar-refractivity contribution in [3.63, 3.8) is 0 Å². The van der Waals surface area contributed by atoms with Gasteiger partial charge in [0.15, 0.2) is 0 Å². The second kappa shape index (κ2) is 9.74. The highest BCUT2D eigenvalue weighted by Gasteiger charge is 2.32. The molecule has 1 fully saturated rings. The average molecular weight is 413 g/mol. The van der Waals surface area contributed by atoms with Gasteiger partial charge in [-0.15, -0.1) is 0 Å². The Morgan fingerprint density at radius 2 is 1.90 bits per heavy atom. The first-order chi connectivity index (χ1) is 14.4. The molecule has 0 saturated carbocycles. The zero-order chi connectivity index (χ0) is 21.7. The van der Waals surface area contributed by atoms with Crippen LogP contribution in [0.1, 0.15) is 36.9 Å². The fraction of sp³-hybridized carbons (Fsp3) is 0.417. The average Bonchev–Trinajstić information content (AvgIpc) is 2.79. The van der Waals surface area contributed by atoms with E-state index in [1.807, 2.05) is 31.2 Å². The Bertz CT molecular complexity index is 884. The highest BCUT2D eigenvalue weighted by molar-refractivity contribution is 5.82. The molecule has 1 saturated heterocycles. The molecule has 0 aliphatic carbocycles. The number of carbonyl (C=O) groups excluding carboxylic acids is 2. The van der Waals surface area contributed by atoms with Crippen molar-refractivity contribution in [3.05, 3.63) is 65.5 Å². The fourth-order valence-corrected chi connectivity index (χ4v) is 3.99. The Kier molecular flexibility index (Phi) is 7.08. The van der Waals surface area contributed by atoms with Gasteiger partial charge >= 0.3 is 0 Å². The molecule has 5 nitrogen and oxygen atoms in total. The highest BCUT2D eigenvalue weighted by Crippen LogP contribution is 2.30. The van der Waals surface area contributed by atoms with Gasteiger partial charge in [0, 0.05) is 25.7 Å². The first-order valence-electron chi connectivity index (χ1n) is 10.3. The van der Waals surface area contributed by atoms with E-state index in [1.54, 1.807) is 36.1 Å². The molecule has 3 rings (SSSR count). The van der Waals surface area contributed by atoms with E-state index >= 15 is 0 Å². The summed E-state index contributed by atoms with van der Waals surface area (Å²) >= 11 is 0. The van der Waals surface area contributed by atoms with Gasteiger partial charge in [0.05, 0.1) is 25.5 Å². The summed E-state index contributed by atoms with van der Waals surface area (Å²) in [6, 6.07) is 13.5. The molecule has 1 aliphatic heterocycles. The number of halogens is 1. The summed E-state index contributed by atoms with van der Waals surface area (Å²) in [5.41, 5.74) is 1.73. The molecule has 6 heteroatoms. The van der Waals surface area contributed by atoms with E-state index in [1.165, 1.54) is 12.1 Å². The van der Waals surface area contributed by atoms with Gasteiger partial charge in [0.2, 0.25) is 11.8 Å². The van der Waals surface area contributed by atoms with E-state index in [0.717, 1.165) is 29.7 Å². The van der Waals surface area contributed by atoms with Crippen molar-refractivity contribution in [1.29, 1.82) is 0 Å². The summed E-state index contributed by atoms with van der Waals surface area (Å²) in [7, 11) is 3.43. The zero-order valence-corrected chi connectivity index (χ0v) is 17.8. The van der Waals surface area contributed by atoms with Crippen molar-refractivity contribution in [2.45, 2.75) is 32.2 Å². The predicted octanol–water partition coefficient (Wildman–Crippen LogP) is 3.84. The molecule has 2 aromatic carbocycles. The van der Waals surface area contributed by atoms with Crippen molar-refractivity contribution in [2.75, 3.05) is 27.2 Å². The van der Waals surface area contributed by atoms with Gasteiger partial charge in [-0.1, -0.05) is 30.3 Å². The van der Waals surface area contributed by atoms with Gasteiger partial charge < -0.3 is 14.5 Å². The Morgan fingerprint density at radius 3 is 2.60 bits per heavy atom. The SMILES string of the molecule is COc1ccccc1C(C)N(C)C(=O)C1CCCN(C(=O)Cc2ccc(F)cc2)C1. The maximum Gasteiger partial charge on any atom is 0.227 e. The fourth-order valence-electron chi connectivity index (χ4n) is 3.99. The van der Waals surface area contributed by atoms with Crippen molar-refractivity contribution in [3.8, 4) is 5.75 Å². The molecule has 0 aromatic heterocycles. The Labute approximate surface area is 177 Å². The summed E-state index contributed by atoms with van der Waals surface area (Å²) in [4.78, 5) is 29.4. The van der Waals surface area contributed by atoms with Gasteiger partial charge in [-0.2, -0.15) is 0 Å². The van der Waals surface area contributed by atoms with E-state index in [0.29, 0.717) is 13.1 Å². The minimum Gasteiger partial charge on any atom is -0.496 e. The van der Waals surface area contributed by atoms with Crippen LogP contribution >= 0.6 is 0 Å². The number of hydrogen-bond donors (Lipinski definition) is 0. The number of para-hydroxylation sites is 1. The number of amides is 2. The number of nitrogens with zero attached hydrogens (tertiary/aromatic N) is 2. The van der Waals surface area contributed by atoms with Crippen LogP contribution in [0.2, 0.25) is 0 Å². The molecule has 2 unspecified atom stereocenters. The number of methoxy groups -OCH3 is 1. The second-order valence-electron chi connectivity index (χ2n) is 7.85. The van der Waals surface area contributed by atoms with Crippen LogP contribution < -0.4 is 4.74 Å². The lowest BCUT2D eigenvalue weighted by Gasteiger charge is -2.36. The number of benzene rings is 2. The Morgan fingerprint density at radius 1 is 1.20 bits per heavy atom. The van der Waals surface area contributed by atoms with E-state index < -0.39 is 0 Å². The van der Waals surface area contributed by atoms with Gasteiger partial charge in [-0.25, -0.2) is 4.39 Å². The number of rotatable bonds is 6. The summed E-state index contributed by atoms with van der Waals surface area (Å²) in [6.07, 6.45) is 1.78. The Balaban J connectivity index is 1.64. The van der Waals surface area contributed by atoms with Crippen LogP contribution in [-0.4, -0.2) is 48.9 Å². The molecule has 2 amide bonds. The van der Waals surface area contributed by atoms with Gasteiger partial charge in [-0.3, -0.25) is 9.59 Å². The van der Waals surface area contributed by atoms with Crippen LogP contribution in [0.5, 0.6) is 5.75 Å². The lowest BCUT2D eigenvalue weighted by Crippen LogP contribution is -2.46. The maximum atomic E-state index is 13.2. The van der Waals surface area contributed by atoms with Gasteiger partial charge in [-0.05, 0) is 43.5 Å². The molecule has 30 heavy (non-hydrogen) atoms. The topological polar surface area (TPSA) is 49.9 Å². The number of carbonyl (C=O) groups is 2. The van der Waals surface area contributed by atoms with E-state index in [4.69, 9.17) is 4.74 Å². The number of ether oxygens (including phenoxy) is 1. The van der Waals surface area contributed by atoms with Crippen LogP contribution in [-0.2, 0) is 16.0 Å². The van der Waals surface area contributed by atoms with Crippen molar-refractivity contribution < 1.29 is 18.7 Å². The van der Waals surface area contributed by atoms with Gasteiger partial charge in [0.1, 0.15) is 11.6 Å². The van der Waals surface area contributed by atoms with Gasteiger partial charge in [0.25, 0.3) is 0 Å². The van der Waals surface area contributed by atoms with Crippen molar-refractivity contribution in [2.24, 2.45) is 5.92 Å². The summed E-state index contributed by atoms with van der Waals surface area (Å²) in [6.45, 7) is 3.05. The molecule has 1 aliphatic rings. The lowest BCUT2D eigenvalue weighted by molar-refractivity contribution is -0.141. The first-order valence-corrected chi connectivity index (χ1v) is 10.3. The lowest BCUT2D eigenvalue weighted by atomic mass is 9.94. The normalized spacial score (nSPS) is 17.3. The van der Waals surface area contributed by atoms with Crippen molar-refractivity contribution in [1.82, 2.24) is 9.80 Å². The van der Waals surface area contributed by atoms with Crippen LogP contribution in [0.3, 0.4) is 0 Å². The molecule has 0 bridgehead atoms. The predicted molar refractivity (Wildman–Crippen MR) is 114 cm³/mol. The van der Waals surface area contributed by atoms with E-state index in [-0.39, 0.29) is 36.0 Å². The zero-order valence-electron chi connectivity index (χ0n) is 17.8. The highest BCUT2D eigenvalue weighted by atomic mass is 19.1. The molecule has 0 radical (unpaired) electrons. The molecule has 0 spiro atoms. The third-order valence-electron chi connectivity index (χ3n) is 5.91. The molecule has 0 N–H and O–H groups in total. The maximum absolute atomic E-state index is 13.2. The van der Waals surface area contributed by atoms with Crippen LogP contribution in [0.25, 0.3) is 0 Å². The van der Waals surface area contributed by atoms with Crippen LogP contribution in [0.15, 0.2) is 48.5 Å². The molecule has 1 heterocycles. The largest absolute Gasteiger partial charge is 0.496 e. The minimum absolute atomic E-state index is 0.0282. The molecule has 160 valence electrons. The van der Waals surface area contributed by atoms with Crippen molar-refractivity contribution >= 4 is 11.8 Å². The minimum atomic E-state index is -0.318. The first kappa shape index (κ1) is 21.8. The number of piperidine rings is 1. The summed E-state index contributed by atoms with van der Waals surface area (Å²) in [5, 5.41) is 0. The number of likely N-dealkylation sites (tertiary alicyclic amines) is 1. The Hall–Kier alpha value is -2.89. The third kappa shape index (κ3) is 4.99. The standard InChI is InChI=1S/C24H29FN2O3/c1-17(21-8-4-5-9-22(21)30-3)26(2)24(29)19-7-6-14-27(16-19)23(28)15-18-10-12-20(25)13-11-18/h4-5,8-13,17,19H,6-7,14-16H2,1-3H3. The van der Waals surface area contributed by atoms with Crippen LogP contribution in [0, 0.1) is 11.7 Å². The van der Waals surface area contributed by atoms with Crippen LogP contribution in [0.4, 0.5) is 4.39 Å². The van der Waals surface area contributed by atoms with E-state index in [9.17, 15) is 14.0 Å². The smallest absolute Gasteiger partial charge is 0.227 e. The third-order valence-corrected chi connectivity index (χ3v) is 5.91. The summed E-state index contributed by atoms with van der Waals surface area (Å²) in [5.74, 6) is 0.219. The number of hydrogen-bond acceptors (Lipinski definition) is 3. The molecule has 2 atom stereocenters. The second-order valence-corrected chi connectivity index (χ2v) is 7.85. The quantitative estimate of drug-likeness (QED) is 0.725. The summed E-state index contributed by atoms with van der Waals surface area (Å²) < 4.78 is 18.5.